The predicted octanol–water partition coefficient (Wildman–Crippen LogP) is 2.54. The lowest BCUT2D eigenvalue weighted by Crippen LogP contribution is -2.43. The lowest BCUT2D eigenvalue weighted by atomic mass is 9.94. The average Bonchev–Trinajstić information content (AvgIpc) is 3.36. The van der Waals surface area contributed by atoms with Gasteiger partial charge in [0.05, 0.1) is 12.2 Å². The average molecular weight is 436 g/mol. The van der Waals surface area contributed by atoms with E-state index in [4.69, 9.17) is 14.7 Å². The molecule has 32 heavy (non-hydrogen) atoms. The molecule has 0 radical (unpaired) electrons. The van der Waals surface area contributed by atoms with Gasteiger partial charge >= 0.3 is 0 Å². The van der Waals surface area contributed by atoms with Gasteiger partial charge in [-0.05, 0) is 51.2 Å². The number of anilines is 1. The summed E-state index contributed by atoms with van der Waals surface area (Å²) in [5, 5.41) is 0. The van der Waals surface area contributed by atoms with Gasteiger partial charge in [-0.2, -0.15) is 0 Å². The van der Waals surface area contributed by atoms with Crippen molar-refractivity contribution in [1.29, 1.82) is 0 Å². The van der Waals surface area contributed by atoms with E-state index in [0.29, 0.717) is 39.1 Å². The van der Waals surface area contributed by atoms with Crippen LogP contribution in [0.1, 0.15) is 60.8 Å². The highest BCUT2D eigenvalue weighted by atomic mass is 16.5. The van der Waals surface area contributed by atoms with Crippen LogP contribution in [-0.4, -0.2) is 57.5 Å². The van der Waals surface area contributed by atoms with Gasteiger partial charge in [-0.25, -0.2) is 9.97 Å². The fourth-order valence-electron chi connectivity index (χ4n) is 4.94. The van der Waals surface area contributed by atoms with Gasteiger partial charge in [0.1, 0.15) is 17.7 Å². The lowest BCUT2D eigenvalue weighted by molar-refractivity contribution is -0.142. The summed E-state index contributed by atoms with van der Waals surface area (Å²) in [6.07, 6.45) is 6.05. The zero-order valence-electron chi connectivity index (χ0n) is 18.5. The number of amides is 2. The quantitative estimate of drug-likeness (QED) is 0.733. The van der Waals surface area contributed by atoms with Gasteiger partial charge in [-0.1, -0.05) is 6.07 Å². The second-order valence-electron chi connectivity index (χ2n) is 8.87. The van der Waals surface area contributed by atoms with Crippen molar-refractivity contribution in [3.63, 3.8) is 0 Å². The van der Waals surface area contributed by atoms with E-state index in [9.17, 15) is 9.59 Å². The van der Waals surface area contributed by atoms with Gasteiger partial charge in [-0.15, -0.1) is 0 Å². The van der Waals surface area contributed by atoms with Crippen LogP contribution in [0.25, 0.3) is 0 Å². The zero-order chi connectivity index (χ0) is 22.1. The molecule has 0 aliphatic carbocycles. The molecule has 2 fully saturated rings. The number of hydrogen-bond acceptors (Lipinski definition) is 6. The third kappa shape index (κ3) is 4.11. The Bertz CT molecular complexity index is 998. The molecule has 1 atom stereocenters. The molecule has 0 bridgehead atoms. The van der Waals surface area contributed by atoms with Crippen LogP contribution >= 0.6 is 0 Å². The maximum absolute atomic E-state index is 12.8. The fourth-order valence-corrected chi connectivity index (χ4v) is 4.94. The maximum atomic E-state index is 12.8. The van der Waals surface area contributed by atoms with Crippen molar-refractivity contribution in [3.8, 4) is 0 Å². The monoisotopic (exact) mass is 435 g/mol. The number of nitrogens with zero attached hydrogens (tertiary/aromatic N) is 5. The van der Waals surface area contributed by atoms with Crippen molar-refractivity contribution in [2.24, 2.45) is 0 Å². The van der Waals surface area contributed by atoms with Gasteiger partial charge in [0.2, 0.25) is 5.91 Å². The Balaban J connectivity index is 1.34. The molecule has 3 aliphatic rings. The molecule has 2 aromatic heterocycles. The molecule has 0 N–H and O–H groups in total. The summed E-state index contributed by atoms with van der Waals surface area (Å²) in [6.45, 7) is 4.49. The molecule has 5 heterocycles. The van der Waals surface area contributed by atoms with E-state index in [1.165, 1.54) is 0 Å². The Labute approximate surface area is 188 Å². The number of aromatic nitrogens is 3. The van der Waals surface area contributed by atoms with Crippen LogP contribution < -0.4 is 4.90 Å². The number of likely N-dealkylation sites (tertiary alicyclic amines) is 1. The van der Waals surface area contributed by atoms with E-state index in [1.807, 2.05) is 30.0 Å². The number of ether oxygens (including phenoxy) is 1. The molecule has 8 nitrogen and oxygen atoms in total. The Morgan fingerprint density at radius 2 is 2.00 bits per heavy atom. The normalized spacial score (nSPS) is 21.7. The summed E-state index contributed by atoms with van der Waals surface area (Å²) >= 11 is 0. The molecular formula is C24H29N5O3. The minimum absolute atomic E-state index is 0.0733. The second kappa shape index (κ2) is 8.94. The van der Waals surface area contributed by atoms with Crippen LogP contribution in [0.3, 0.4) is 0 Å². The molecule has 168 valence electrons. The first kappa shape index (κ1) is 21.0. The molecule has 0 spiro atoms. The minimum atomic E-state index is -0.264. The Hall–Kier alpha value is -2.87. The van der Waals surface area contributed by atoms with Crippen LogP contribution in [0.15, 0.2) is 24.4 Å². The summed E-state index contributed by atoms with van der Waals surface area (Å²) in [7, 11) is 0. The molecule has 0 unspecified atom stereocenters. The molecule has 2 saturated heterocycles. The highest BCUT2D eigenvalue weighted by molar-refractivity contribution is 5.95. The molecule has 8 heteroatoms. The molecule has 0 aromatic carbocycles. The number of aryl methyl sites for hydroxylation is 1. The SMILES string of the molecule is Cc1nc(C2CCN(C(=O)[C@@H]3CCCO3)CC2)nc2c1CCC(=O)N2Cc1ccccn1. The summed E-state index contributed by atoms with van der Waals surface area (Å²) < 4.78 is 5.57. The van der Waals surface area contributed by atoms with E-state index in [0.717, 1.165) is 54.3 Å². The number of piperidine rings is 1. The van der Waals surface area contributed by atoms with E-state index in [2.05, 4.69) is 4.98 Å². The van der Waals surface area contributed by atoms with Crippen LogP contribution in [0.5, 0.6) is 0 Å². The molecule has 2 aromatic rings. The number of rotatable bonds is 4. The summed E-state index contributed by atoms with van der Waals surface area (Å²) in [5.74, 6) is 1.89. The maximum Gasteiger partial charge on any atom is 0.251 e. The first-order valence-corrected chi connectivity index (χ1v) is 11.6. The predicted molar refractivity (Wildman–Crippen MR) is 118 cm³/mol. The summed E-state index contributed by atoms with van der Waals surface area (Å²) in [6, 6.07) is 5.73. The zero-order valence-corrected chi connectivity index (χ0v) is 18.5. The Kier molecular flexibility index (Phi) is 5.87. The highest BCUT2D eigenvalue weighted by Crippen LogP contribution is 2.33. The Morgan fingerprint density at radius 3 is 2.72 bits per heavy atom. The van der Waals surface area contributed by atoms with Crippen LogP contribution in [0.2, 0.25) is 0 Å². The molecule has 0 saturated carbocycles. The lowest BCUT2D eigenvalue weighted by Gasteiger charge is -2.34. The third-order valence-electron chi connectivity index (χ3n) is 6.78. The van der Waals surface area contributed by atoms with E-state index < -0.39 is 0 Å². The van der Waals surface area contributed by atoms with Crippen molar-refractivity contribution in [3.05, 3.63) is 47.2 Å². The van der Waals surface area contributed by atoms with Gasteiger partial charge in [0.15, 0.2) is 0 Å². The number of fused-ring (bicyclic) bond motifs is 1. The number of pyridine rings is 1. The van der Waals surface area contributed by atoms with Crippen LogP contribution in [0.4, 0.5) is 5.82 Å². The first-order valence-electron chi connectivity index (χ1n) is 11.6. The minimum Gasteiger partial charge on any atom is -0.368 e. The smallest absolute Gasteiger partial charge is 0.251 e. The van der Waals surface area contributed by atoms with E-state index in [-0.39, 0.29) is 23.8 Å². The third-order valence-corrected chi connectivity index (χ3v) is 6.78. The van der Waals surface area contributed by atoms with Crippen molar-refractivity contribution in [2.45, 2.75) is 64.0 Å². The summed E-state index contributed by atoms with van der Waals surface area (Å²) in [4.78, 5) is 43.3. The van der Waals surface area contributed by atoms with Gasteiger partial charge in [-0.3, -0.25) is 19.5 Å². The molecule has 5 rings (SSSR count). The van der Waals surface area contributed by atoms with Gasteiger partial charge < -0.3 is 9.64 Å². The van der Waals surface area contributed by atoms with E-state index in [1.54, 1.807) is 11.1 Å². The van der Waals surface area contributed by atoms with Crippen molar-refractivity contribution < 1.29 is 14.3 Å². The second-order valence-corrected chi connectivity index (χ2v) is 8.87. The number of carbonyl (C=O) groups is 2. The van der Waals surface area contributed by atoms with E-state index >= 15 is 0 Å². The molecule has 2 amide bonds. The van der Waals surface area contributed by atoms with Crippen LogP contribution in [0, 0.1) is 6.92 Å². The van der Waals surface area contributed by atoms with Gasteiger partial charge in [0.25, 0.3) is 5.91 Å². The summed E-state index contributed by atoms with van der Waals surface area (Å²) in [5.41, 5.74) is 2.84. The number of hydrogen-bond donors (Lipinski definition) is 0. The topological polar surface area (TPSA) is 88.5 Å². The van der Waals surface area contributed by atoms with Gasteiger partial charge in [0, 0.05) is 49.5 Å². The first-order chi connectivity index (χ1) is 15.6. The van der Waals surface area contributed by atoms with Crippen molar-refractivity contribution in [2.75, 3.05) is 24.6 Å². The standard InChI is InChI=1S/C24H29N5O3/c1-16-19-7-8-21(30)29(15-18-5-2-3-11-25-18)23(19)27-22(26-16)17-9-12-28(13-10-17)24(31)20-6-4-14-32-20/h2-3,5,11,17,20H,4,6-10,12-15H2,1H3/t20-/m0/s1. The Morgan fingerprint density at radius 1 is 1.16 bits per heavy atom. The largest absolute Gasteiger partial charge is 0.368 e. The van der Waals surface area contributed by atoms with Crippen molar-refractivity contribution in [1.82, 2.24) is 19.9 Å². The molecule has 3 aliphatic heterocycles. The highest BCUT2D eigenvalue weighted by Gasteiger charge is 2.34. The fraction of sp³-hybridized carbons (Fsp3) is 0.542. The van der Waals surface area contributed by atoms with Crippen LogP contribution in [-0.2, 0) is 27.3 Å². The molecular weight excluding hydrogens is 406 g/mol. The number of carbonyl (C=O) groups excluding carboxylic acids is 2. The van der Waals surface area contributed by atoms with Crippen molar-refractivity contribution >= 4 is 17.6 Å².